The fraction of sp³-hybridized carbons (Fsp3) is 0.833. The topological polar surface area (TPSA) is 71.1 Å². The molecule has 4 atom stereocenters. The molecule has 1 saturated heterocycles. The molecule has 6 nitrogen and oxygen atoms in total. The van der Waals surface area contributed by atoms with Crippen LogP contribution >= 0.6 is 0 Å². The summed E-state index contributed by atoms with van der Waals surface area (Å²) in [6.45, 7) is 3.14. The normalized spacial score (nSPS) is 34.1. The van der Waals surface area contributed by atoms with Gasteiger partial charge in [0.25, 0.3) is 0 Å². The zero-order valence-electron chi connectivity index (χ0n) is 11.5. The van der Waals surface area contributed by atoms with Crippen LogP contribution in [0.2, 0.25) is 0 Å². The monoisotopic (exact) mass is 278 g/mol. The lowest BCUT2D eigenvalue weighted by Gasteiger charge is -2.32. The number of ether oxygens (including phenoxy) is 4. The fourth-order valence-corrected chi connectivity index (χ4v) is 2.12. The van der Waals surface area contributed by atoms with E-state index in [4.69, 9.17) is 18.9 Å². The Morgan fingerprint density at radius 2 is 1.95 bits per heavy atom. The van der Waals surface area contributed by atoms with Gasteiger partial charge < -0.3 is 18.9 Å². The van der Waals surface area contributed by atoms with Gasteiger partial charge in [0, 0.05) is 26.9 Å². The molecular formula is C12H19FO6. The van der Waals surface area contributed by atoms with E-state index in [0.717, 1.165) is 0 Å². The summed E-state index contributed by atoms with van der Waals surface area (Å²) >= 11 is 0. The highest BCUT2D eigenvalue weighted by atomic mass is 19.1. The van der Waals surface area contributed by atoms with Gasteiger partial charge in [0.05, 0.1) is 6.10 Å². The number of hydrogen-bond donors (Lipinski definition) is 0. The summed E-state index contributed by atoms with van der Waals surface area (Å²) in [4.78, 5) is 22.1. The second-order valence-corrected chi connectivity index (χ2v) is 4.50. The number of carbonyl (C=O) groups is 2. The zero-order chi connectivity index (χ0) is 14.6. The Hall–Kier alpha value is -1.21. The van der Waals surface area contributed by atoms with Crippen LogP contribution in [0.5, 0.6) is 0 Å². The maximum atomic E-state index is 12.9. The van der Waals surface area contributed by atoms with Gasteiger partial charge in [0.2, 0.25) is 5.79 Å². The molecule has 1 heterocycles. The van der Waals surface area contributed by atoms with Crippen molar-refractivity contribution in [2.45, 2.75) is 38.8 Å². The number of alkyl halides is 1. The van der Waals surface area contributed by atoms with Crippen molar-refractivity contribution in [1.82, 2.24) is 0 Å². The van der Waals surface area contributed by atoms with Crippen LogP contribution < -0.4 is 0 Å². The number of halogens is 1. The predicted molar refractivity (Wildman–Crippen MR) is 61.9 cm³/mol. The van der Waals surface area contributed by atoms with Crippen molar-refractivity contribution in [3.8, 4) is 0 Å². The maximum absolute atomic E-state index is 12.9. The molecule has 0 radical (unpaired) electrons. The van der Waals surface area contributed by atoms with Crippen molar-refractivity contribution in [2.75, 3.05) is 20.4 Å². The van der Waals surface area contributed by atoms with Crippen molar-refractivity contribution in [2.24, 2.45) is 5.92 Å². The Labute approximate surface area is 111 Å². The third-order valence-corrected chi connectivity index (χ3v) is 3.12. The third kappa shape index (κ3) is 3.42. The molecule has 110 valence electrons. The molecule has 0 N–H and O–H groups in total. The number of hydrogen-bond acceptors (Lipinski definition) is 6. The van der Waals surface area contributed by atoms with Crippen molar-refractivity contribution in [3.63, 3.8) is 0 Å². The third-order valence-electron chi connectivity index (χ3n) is 3.12. The molecule has 1 rings (SSSR count). The first kappa shape index (κ1) is 15.8. The summed E-state index contributed by atoms with van der Waals surface area (Å²) in [5.41, 5.74) is 0. The molecule has 1 aliphatic rings. The predicted octanol–water partition coefficient (Wildman–Crippen LogP) is 0.828. The Kier molecular flexibility index (Phi) is 5.25. The first-order valence-corrected chi connectivity index (χ1v) is 5.95. The van der Waals surface area contributed by atoms with Gasteiger partial charge in [-0.15, -0.1) is 0 Å². The molecule has 0 bridgehead atoms. The summed E-state index contributed by atoms with van der Waals surface area (Å²) in [6, 6.07) is 0. The molecule has 0 aromatic rings. The molecule has 1 unspecified atom stereocenters. The van der Waals surface area contributed by atoms with Gasteiger partial charge in [-0.25, -0.2) is 4.39 Å². The molecule has 0 amide bonds. The van der Waals surface area contributed by atoms with Crippen LogP contribution in [0.15, 0.2) is 0 Å². The fourth-order valence-electron chi connectivity index (χ4n) is 2.12. The summed E-state index contributed by atoms with van der Waals surface area (Å²) in [5.74, 6) is -2.94. The minimum absolute atomic E-state index is 0.266. The Morgan fingerprint density at radius 3 is 2.37 bits per heavy atom. The van der Waals surface area contributed by atoms with Gasteiger partial charge in [-0.05, 0) is 0 Å². The highest BCUT2D eigenvalue weighted by Crippen LogP contribution is 2.38. The SMILES string of the molecule is COC1(COC(C)=O)O[C@H](CF)[C@@H](C)[C@@H]1OC(C)=O. The quantitative estimate of drug-likeness (QED) is 0.694. The number of esters is 2. The molecule has 0 saturated carbocycles. The zero-order valence-corrected chi connectivity index (χ0v) is 11.5. The van der Waals surface area contributed by atoms with Gasteiger partial charge >= 0.3 is 11.9 Å². The van der Waals surface area contributed by atoms with Crippen LogP contribution in [0.25, 0.3) is 0 Å². The van der Waals surface area contributed by atoms with Crippen LogP contribution in [0.4, 0.5) is 4.39 Å². The van der Waals surface area contributed by atoms with E-state index in [9.17, 15) is 14.0 Å². The molecule has 0 spiro atoms. The van der Waals surface area contributed by atoms with E-state index in [1.54, 1.807) is 6.92 Å². The van der Waals surface area contributed by atoms with Crippen molar-refractivity contribution in [1.29, 1.82) is 0 Å². The van der Waals surface area contributed by atoms with Crippen LogP contribution in [0, 0.1) is 5.92 Å². The Balaban J connectivity index is 2.95. The van der Waals surface area contributed by atoms with E-state index in [0.29, 0.717) is 0 Å². The van der Waals surface area contributed by atoms with Gasteiger partial charge in [-0.3, -0.25) is 9.59 Å². The van der Waals surface area contributed by atoms with E-state index in [-0.39, 0.29) is 6.61 Å². The maximum Gasteiger partial charge on any atom is 0.303 e. The molecule has 1 aliphatic heterocycles. The Bertz CT molecular complexity index is 347. The molecule has 0 aromatic carbocycles. The minimum atomic E-state index is -1.46. The van der Waals surface area contributed by atoms with E-state index >= 15 is 0 Å². The van der Waals surface area contributed by atoms with E-state index in [2.05, 4.69) is 0 Å². The summed E-state index contributed by atoms with van der Waals surface area (Å²) < 4.78 is 33.6. The van der Waals surface area contributed by atoms with E-state index in [1.165, 1.54) is 21.0 Å². The molecule has 7 heteroatoms. The number of methoxy groups -OCH3 is 1. The van der Waals surface area contributed by atoms with E-state index in [1.807, 2.05) is 0 Å². The smallest absolute Gasteiger partial charge is 0.303 e. The summed E-state index contributed by atoms with van der Waals surface area (Å²) in [6.07, 6.45) is -1.62. The van der Waals surface area contributed by atoms with Gasteiger partial charge in [0.1, 0.15) is 13.3 Å². The average Bonchev–Trinajstić information content (AvgIpc) is 2.61. The lowest BCUT2D eigenvalue weighted by molar-refractivity contribution is -0.269. The first-order valence-electron chi connectivity index (χ1n) is 5.95. The standard InChI is InChI=1S/C12H19FO6/c1-7-10(5-13)19-12(16-4,6-17-8(2)14)11(7)18-9(3)15/h7,10-11H,5-6H2,1-4H3/t7-,10-,11+,12?/m1/s1. The van der Waals surface area contributed by atoms with Crippen LogP contribution in [-0.4, -0.2) is 50.3 Å². The minimum Gasteiger partial charge on any atom is -0.460 e. The lowest BCUT2D eigenvalue weighted by atomic mass is 9.97. The molecule has 0 aliphatic carbocycles. The largest absolute Gasteiger partial charge is 0.460 e. The van der Waals surface area contributed by atoms with Crippen LogP contribution in [0.3, 0.4) is 0 Å². The van der Waals surface area contributed by atoms with Gasteiger partial charge in [-0.2, -0.15) is 0 Å². The Morgan fingerprint density at radius 1 is 1.32 bits per heavy atom. The molecular weight excluding hydrogens is 259 g/mol. The highest BCUT2D eigenvalue weighted by molar-refractivity contribution is 5.66. The number of rotatable bonds is 5. The number of carbonyl (C=O) groups excluding carboxylic acids is 2. The van der Waals surface area contributed by atoms with E-state index < -0.39 is 42.5 Å². The first-order chi connectivity index (χ1) is 8.86. The molecule has 19 heavy (non-hydrogen) atoms. The van der Waals surface area contributed by atoms with Crippen LogP contribution in [0.1, 0.15) is 20.8 Å². The average molecular weight is 278 g/mol. The lowest BCUT2D eigenvalue weighted by Crippen LogP contribution is -2.49. The van der Waals surface area contributed by atoms with Crippen molar-refractivity contribution >= 4 is 11.9 Å². The van der Waals surface area contributed by atoms with Gasteiger partial charge in [0.15, 0.2) is 6.10 Å². The summed E-state index contributed by atoms with van der Waals surface area (Å²) in [7, 11) is 1.33. The van der Waals surface area contributed by atoms with Gasteiger partial charge in [-0.1, -0.05) is 6.92 Å². The molecule has 0 aromatic heterocycles. The second-order valence-electron chi connectivity index (χ2n) is 4.50. The van der Waals surface area contributed by atoms with Crippen molar-refractivity contribution in [3.05, 3.63) is 0 Å². The highest BCUT2D eigenvalue weighted by Gasteiger charge is 2.57. The second kappa shape index (κ2) is 6.29. The van der Waals surface area contributed by atoms with Crippen LogP contribution in [-0.2, 0) is 28.5 Å². The molecule has 1 fully saturated rings. The summed E-state index contributed by atoms with van der Waals surface area (Å²) in [5, 5.41) is 0. The van der Waals surface area contributed by atoms with Crippen molar-refractivity contribution < 1.29 is 32.9 Å².